The maximum atomic E-state index is 8.81. The van der Waals surface area contributed by atoms with Gasteiger partial charge in [0.1, 0.15) is 23.9 Å². The highest BCUT2D eigenvalue weighted by Crippen LogP contribution is 2.22. The summed E-state index contributed by atoms with van der Waals surface area (Å²) < 4.78 is 0. The minimum atomic E-state index is 0.382. The minimum Gasteiger partial charge on any atom is -0.366 e. The number of aromatic nitrogens is 2. The Bertz CT molecular complexity index is 658. The monoisotopic (exact) mass is 264 g/mol. The van der Waals surface area contributed by atoms with Crippen LogP contribution in [0, 0.1) is 11.3 Å². The van der Waals surface area contributed by atoms with Gasteiger partial charge in [-0.1, -0.05) is 18.2 Å². The van der Waals surface area contributed by atoms with Gasteiger partial charge >= 0.3 is 0 Å². The van der Waals surface area contributed by atoms with Gasteiger partial charge in [0.15, 0.2) is 0 Å². The summed E-state index contributed by atoms with van der Waals surface area (Å²) in [6, 6.07) is 10.4. The molecule has 0 aliphatic heterocycles. The van der Waals surface area contributed by atoms with Gasteiger partial charge in [-0.25, -0.2) is 9.97 Å². The van der Waals surface area contributed by atoms with Crippen molar-refractivity contribution in [1.29, 1.82) is 5.26 Å². The predicted molar refractivity (Wildman–Crippen MR) is 77.2 cm³/mol. The van der Waals surface area contributed by atoms with E-state index in [1.165, 1.54) is 48.7 Å². The van der Waals surface area contributed by atoms with E-state index in [9.17, 15) is 0 Å². The molecule has 0 bridgehead atoms. The summed E-state index contributed by atoms with van der Waals surface area (Å²) in [6.07, 6.45) is 6.41. The van der Waals surface area contributed by atoms with E-state index >= 15 is 0 Å². The number of nitrogens with one attached hydrogen (secondary N) is 1. The Morgan fingerprint density at radius 2 is 1.95 bits per heavy atom. The Labute approximate surface area is 118 Å². The average Bonchev–Trinajstić information content (AvgIpc) is 2.53. The molecule has 2 aromatic rings. The number of rotatable bonds is 3. The van der Waals surface area contributed by atoms with Crippen molar-refractivity contribution in [3.63, 3.8) is 0 Å². The van der Waals surface area contributed by atoms with E-state index in [4.69, 9.17) is 5.26 Å². The van der Waals surface area contributed by atoms with E-state index in [-0.39, 0.29) is 0 Å². The molecule has 0 saturated heterocycles. The third kappa shape index (κ3) is 2.77. The number of hydrogen-bond acceptors (Lipinski definition) is 4. The Morgan fingerprint density at radius 3 is 2.80 bits per heavy atom. The maximum absolute atomic E-state index is 8.81. The van der Waals surface area contributed by atoms with Crippen LogP contribution in [0.1, 0.15) is 35.2 Å². The maximum Gasteiger partial charge on any atom is 0.145 e. The fourth-order valence-corrected chi connectivity index (χ4v) is 2.60. The Hall–Kier alpha value is -2.41. The summed E-state index contributed by atoms with van der Waals surface area (Å²) in [4.78, 5) is 7.97. The van der Waals surface area contributed by atoms with Gasteiger partial charge in [0.2, 0.25) is 0 Å². The summed E-state index contributed by atoms with van der Waals surface area (Å²) in [5, 5.41) is 12.1. The van der Waals surface area contributed by atoms with Crippen molar-refractivity contribution in [2.45, 2.75) is 32.2 Å². The standard InChI is InChI=1S/C16H16N4/c17-9-15-8-16(20-11-19-15)18-10-12-5-6-13-3-1-2-4-14(13)7-12/h5-8,11H,1-4,10H2,(H,18,19,20). The van der Waals surface area contributed by atoms with Crippen LogP contribution in [-0.2, 0) is 19.4 Å². The van der Waals surface area contributed by atoms with E-state index in [2.05, 4.69) is 33.5 Å². The molecule has 0 unspecified atom stereocenters. The molecule has 20 heavy (non-hydrogen) atoms. The molecular weight excluding hydrogens is 248 g/mol. The smallest absolute Gasteiger partial charge is 0.145 e. The molecule has 3 rings (SSSR count). The second-order valence-corrected chi connectivity index (χ2v) is 5.06. The van der Waals surface area contributed by atoms with Crippen molar-refractivity contribution in [1.82, 2.24) is 9.97 Å². The molecule has 1 aromatic heterocycles. The fraction of sp³-hybridized carbons (Fsp3) is 0.312. The largest absolute Gasteiger partial charge is 0.366 e. The fourth-order valence-electron chi connectivity index (χ4n) is 2.60. The first-order valence-electron chi connectivity index (χ1n) is 6.92. The predicted octanol–water partition coefficient (Wildman–Crippen LogP) is 2.84. The van der Waals surface area contributed by atoms with Crippen molar-refractivity contribution in [3.05, 3.63) is 53.0 Å². The zero-order chi connectivity index (χ0) is 13.8. The molecule has 1 aliphatic carbocycles. The second kappa shape index (κ2) is 5.70. The molecule has 100 valence electrons. The van der Waals surface area contributed by atoms with Gasteiger partial charge in [-0.3, -0.25) is 0 Å². The van der Waals surface area contributed by atoms with Crippen LogP contribution < -0.4 is 5.32 Å². The molecule has 1 aliphatic rings. The van der Waals surface area contributed by atoms with Crippen LogP contribution in [0.4, 0.5) is 5.82 Å². The van der Waals surface area contributed by atoms with Crippen LogP contribution in [0.5, 0.6) is 0 Å². The number of nitrogens with zero attached hydrogens (tertiary/aromatic N) is 3. The molecule has 4 heteroatoms. The molecule has 4 nitrogen and oxygen atoms in total. The molecule has 0 atom stereocenters. The van der Waals surface area contributed by atoms with Crippen LogP contribution in [0.15, 0.2) is 30.6 Å². The molecule has 0 radical (unpaired) electrons. The molecule has 1 N–H and O–H groups in total. The summed E-state index contributed by atoms with van der Waals surface area (Å²) in [5.74, 6) is 0.689. The lowest BCUT2D eigenvalue weighted by Gasteiger charge is -2.16. The Balaban J connectivity index is 1.70. The quantitative estimate of drug-likeness (QED) is 0.926. The van der Waals surface area contributed by atoms with Crippen LogP contribution in [0.3, 0.4) is 0 Å². The van der Waals surface area contributed by atoms with Crippen molar-refractivity contribution in [2.24, 2.45) is 0 Å². The molecule has 0 amide bonds. The van der Waals surface area contributed by atoms with Crippen molar-refractivity contribution >= 4 is 5.82 Å². The lowest BCUT2D eigenvalue weighted by Crippen LogP contribution is -2.06. The number of nitriles is 1. The van der Waals surface area contributed by atoms with Gasteiger partial charge in [-0.05, 0) is 42.4 Å². The van der Waals surface area contributed by atoms with Crippen LogP contribution in [-0.4, -0.2) is 9.97 Å². The SMILES string of the molecule is N#Cc1cc(NCc2ccc3c(c2)CCCC3)ncn1. The van der Waals surface area contributed by atoms with Crippen molar-refractivity contribution in [2.75, 3.05) is 5.32 Å². The van der Waals surface area contributed by atoms with Crippen molar-refractivity contribution in [3.8, 4) is 6.07 Å². The van der Waals surface area contributed by atoms with Gasteiger partial charge in [-0.2, -0.15) is 5.26 Å². The number of fused-ring (bicyclic) bond motifs is 1. The van der Waals surface area contributed by atoms with Crippen LogP contribution in [0.2, 0.25) is 0 Å². The van der Waals surface area contributed by atoms with Crippen molar-refractivity contribution < 1.29 is 0 Å². The van der Waals surface area contributed by atoms with E-state index < -0.39 is 0 Å². The zero-order valence-electron chi connectivity index (χ0n) is 11.3. The number of hydrogen-bond donors (Lipinski definition) is 1. The van der Waals surface area contributed by atoms with E-state index in [0.29, 0.717) is 11.5 Å². The molecular formula is C16H16N4. The number of benzene rings is 1. The molecule has 0 spiro atoms. The third-order valence-electron chi connectivity index (χ3n) is 3.67. The van der Waals surface area contributed by atoms with Crippen LogP contribution in [0.25, 0.3) is 0 Å². The highest BCUT2D eigenvalue weighted by molar-refractivity contribution is 5.41. The highest BCUT2D eigenvalue weighted by atomic mass is 15.0. The average molecular weight is 264 g/mol. The highest BCUT2D eigenvalue weighted by Gasteiger charge is 2.09. The summed E-state index contributed by atoms with van der Waals surface area (Å²) >= 11 is 0. The van der Waals surface area contributed by atoms with E-state index in [1.807, 2.05) is 6.07 Å². The number of aryl methyl sites for hydroxylation is 2. The van der Waals surface area contributed by atoms with Crippen LogP contribution >= 0.6 is 0 Å². The topological polar surface area (TPSA) is 61.6 Å². The first-order chi connectivity index (χ1) is 9.85. The first-order valence-corrected chi connectivity index (χ1v) is 6.92. The van der Waals surface area contributed by atoms with Gasteiger partial charge in [0, 0.05) is 12.6 Å². The first kappa shape index (κ1) is 12.6. The molecule has 0 fully saturated rings. The molecule has 1 heterocycles. The zero-order valence-corrected chi connectivity index (χ0v) is 11.3. The minimum absolute atomic E-state index is 0.382. The van der Waals surface area contributed by atoms with E-state index in [0.717, 1.165) is 6.54 Å². The van der Waals surface area contributed by atoms with E-state index in [1.54, 1.807) is 6.07 Å². The van der Waals surface area contributed by atoms with Gasteiger partial charge in [0.25, 0.3) is 0 Å². The summed E-state index contributed by atoms with van der Waals surface area (Å²) in [5.41, 5.74) is 4.61. The summed E-state index contributed by atoms with van der Waals surface area (Å²) in [6.45, 7) is 0.717. The lowest BCUT2D eigenvalue weighted by molar-refractivity contribution is 0.684. The van der Waals surface area contributed by atoms with Gasteiger partial charge in [-0.15, -0.1) is 0 Å². The van der Waals surface area contributed by atoms with Gasteiger partial charge in [0.05, 0.1) is 0 Å². The third-order valence-corrected chi connectivity index (χ3v) is 3.67. The molecule has 0 saturated carbocycles. The molecule has 1 aromatic carbocycles. The lowest BCUT2D eigenvalue weighted by atomic mass is 9.90. The van der Waals surface area contributed by atoms with Gasteiger partial charge < -0.3 is 5.32 Å². The Kier molecular flexibility index (Phi) is 3.60. The Morgan fingerprint density at radius 1 is 1.10 bits per heavy atom. The summed E-state index contributed by atoms with van der Waals surface area (Å²) in [7, 11) is 0. The number of anilines is 1. The normalized spacial score (nSPS) is 13.3. The second-order valence-electron chi connectivity index (χ2n) is 5.06.